The van der Waals surface area contributed by atoms with E-state index >= 15 is 0 Å². The summed E-state index contributed by atoms with van der Waals surface area (Å²) in [5.74, 6) is 0. The second-order valence-electron chi connectivity index (χ2n) is 6.47. The van der Waals surface area contributed by atoms with E-state index in [0.29, 0.717) is 30.6 Å². The van der Waals surface area contributed by atoms with Gasteiger partial charge in [0.05, 0.1) is 11.0 Å². The average molecular weight is 345 g/mol. The normalized spacial score (nSPS) is 21.6. The average Bonchev–Trinajstić information content (AvgIpc) is 2.57. The molecule has 0 spiro atoms. The summed E-state index contributed by atoms with van der Waals surface area (Å²) in [4.78, 5) is 0.327. The van der Waals surface area contributed by atoms with Gasteiger partial charge in [0.2, 0.25) is 10.0 Å². The number of hydrogen-bond donors (Lipinski definition) is 2. The Morgan fingerprint density at radius 1 is 0.958 bits per heavy atom. The van der Waals surface area contributed by atoms with E-state index in [9.17, 15) is 13.5 Å². The van der Waals surface area contributed by atoms with E-state index < -0.39 is 10.0 Å². The third-order valence-corrected chi connectivity index (χ3v) is 6.27. The van der Waals surface area contributed by atoms with E-state index in [-0.39, 0.29) is 12.1 Å². The van der Waals surface area contributed by atoms with Crippen molar-refractivity contribution in [3.8, 4) is 11.1 Å². The molecule has 0 heterocycles. The van der Waals surface area contributed by atoms with Crippen molar-refractivity contribution in [1.29, 1.82) is 0 Å². The molecule has 0 aliphatic heterocycles. The summed E-state index contributed by atoms with van der Waals surface area (Å²) in [6, 6.07) is 15.3. The summed E-state index contributed by atoms with van der Waals surface area (Å²) in [6.07, 6.45) is 2.37. The second kappa shape index (κ2) is 7.05. The lowest BCUT2D eigenvalue weighted by Crippen LogP contribution is -2.38. The third kappa shape index (κ3) is 3.86. The fourth-order valence-electron chi connectivity index (χ4n) is 3.24. The Kier molecular flexibility index (Phi) is 5.04. The first-order chi connectivity index (χ1) is 11.5. The highest BCUT2D eigenvalue weighted by Crippen LogP contribution is 2.26. The Morgan fingerprint density at radius 3 is 2.25 bits per heavy atom. The zero-order valence-corrected chi connectivity index (χ0v) is 14.6. The van der Waals surface area contributed by atoms with Crippen LogP contribution in [0.15, 0.2) is 53.4 Å². The van der Waals surface area contributed by atoms with Crippen LogP contribution in [0.25, 0.3) is 11.1 Å². The van der Waals surface area contributed by atoms with E-state index in [1.807, 2.05) is 49.4 Å². The van der Waals surface area contributed by atoms with Crippen molar-refractivity contribution in [3.63, 3.8) is 0 Å². The third-order valence-electron chi connectivity index (χ3n) is 4.59. The fraction of sp³-hybridized carbons (Fsp3) is 0.368. The number of aliphatic hydroxyl groups excluding tert-OH is 1. The lowest BCUT2D eigenvalue weighted by molar-refractivity contribution is 0.120. The van der Waals surface area contributed by atoms with Gasteiger partial charge in [-0.05, 0) is 55.4 Å². The maximum atomic E-state index is 12.7. The number of aliphatic hydroxyl groups is 1. The molecule has 0 aromatic heterocycles. The second-order valence-corrected chi connectivity index (χ2v) is 8.16. The first kappa shape index (κ1) is 17.1. The molecule has 4 nitrogen and oxygen atoms in total. The molecule has 1 aliphatic carbocycles. The monoisotopic (exact) mass is 345 g/mol. The SMILES string of the molecule is Cc1cc(-c2ccccc2)ccc1S(=O)(=O)N[C@H]1CC[C@H](O)CC1. The maximum absolute atomic E-state index is 12.7. The Labute approximate surface area is 143 Å². The predicted octanol–water partition coefficient (Wildman–Crippen LogP) is 3.24. The minimum Gasteiger partial charge on any atom is -0.393 e. The number of nitrogens with one attached hydrogen (secondary N) is 1. The van der Waals surface area contributed by atoms with E-state index in [1.165, 1.54) is 0 Å². The molecule has 0 amide bonds. The van der Waals surface area contributed by atoms with Crippen LogP contribution < -0.4 is 4.72 Å². The number of hydrogen-bond acceptors (Lipinski definition) is 3. The van der Waals surface area contributed by atoms with Gasteiger partial charge in [0.1, 0.15) is 0 Å². The van der Waals surface area contributed by atoms with E-state index in [2.05, 4.69) is 4.72 Å². The first-order valence-corrected chi connectivity index (χ1v) is 9.80. The zero-order chi connectivity index (χ0) is 17.2. The van der Waals surface area contributed by atoms with E-state index in [4.69, 9.17) is 0 Å². The van der Waals surface area contributed by atoms with Gasteiger partial charge in [-0.3, -0.25) is 0 Å². The fourth-order valence-corrected chi connectivity index (χ4v) is 4.77. The Bertz CT molecular complexity index is 795. The van der Waals surface area contributed by atoms with Crippen molar-refractivity contribution in [2.45, 2.75) is 49.6 Å². The van der Waals surface area contributed by atoms with Crippen LogP contribution in [0.4, 0.5) is 0 Å². The molecule has 0 bridgehead atoms. The number of sulfonamides is 1. The van der Waals surface area contributed by atoms with Crippen LogP contribution in [0, 0.1) is 6.92 Å². The van der Waals surface area contributed by atoms with Gasteiger partial charge in [-0.25, -0.2) is 13.1 Å². The highest BCUT2D eigenvalue weighted by atomic mass is 32.2. The molecule has 128 valence electrons. The summed E-state index contributed by atoms with van der Waals surface area (Å²) in [5.41, 5.74) is 2.81. The van der Waals surface area contributed by atoms with Crippen LogP contribution in [0.3, 0.4) is 0 Å². The number of aryl methyl sites for hydroxylation is 1. The maximum Gasteiger partial charge on any atom is 0.241 e. The van der Waals surface area contributed by atoms with Gasteiger partial charge in [-0.1, -0.05) is 42.5 Å². The van der Waals surface area contributed by atoms with Gasteiger partial charge in [0.25, 0.3) is 0 Å². The van der Waals surface area contributed by atoms with Crippen LogP contribution in [0.5, 0.6) is 0 Å². The van der Waals surface area contributed by atoms with Crippen molar-refractivity contribution in [2.75, 3.05) is 0 Å². The van der Waals surface area contributed by atoms with Crippen LogP contribution in [0.1, 0.15) is 31.2 Å². The number of benzene rings is 2. The molecule has 24 heavy (non-hydrogen) atoms. The minimum atomic E-state index is -3.54. The van der Waals surface area contributed by atoms with Gasteiger partial charge in [-0.2, -0.15) is 0 Å². The van der Waals surface area contributed by atoms with Crippen LogP contribution in [-0.4, -0.2) is 25.7 Å². The summed E-state index contributed by atoms with van der Waals surface area (Å²) in [5, 5.41) is 9.55. The topological polar surface area (TPSA) is 66.4 Å². The Balaban J connectivity index is 1.81. The predicted molar refractivity (Wildman–Crippen MR) is 95.2 cm³/mol. The van der Waals surface area contributed by atoms with Crippen LogP contribution >= 0.6 is 0 Å². The molecule has 0 atom stereocenters. The van der Waals surface area contributed by atoms with Gasteiger partial charge in [-0.15, -0.1) is 0 Å². The molecule has 3 rings (SSSR count). The smallest absolute Gasteiger partial charge is 0.241 e. The van der Waals surface area contributed by atoms with Gasteiger partial charge >= 0.3 is 0 Å². The molecule has 1 saturated carbocycles. The quantitative estimate of drug-likeness (QED) is 0.894. The molecule has 1 fully saturated rings. The summed E-state index contributed by atoms with van der Waals surface area (Å²) in [7, 11) is -3.54. The molecule has 5 heteroatoms. The molecular weight excluding hydrogens is 322 g/mol. The van der Waals surface area contributed by atoms with E-state index in [1.54, 1.807) is 6.07 Å². The highest BCUT2D eigenvalue weighted by Gasteiger charge is 2.25. The molecule has 0 saturated heterocycles. The van der Waals surface area contributed by atoms with Crippen molar-refractivity contribution >= 4 is 10.0 Å². The highest BCUT2D eigenvalue weighted by molar-refractivity contribution is 7.89. The lowest BCUT2D eigenvalue weighted by atomic mass is 9.94. The molecule has 2 aromatic rings. The molecule has 2 aromatic carbocycles. The summed E-state index contributed by atoms with van der Waals surface area (Å²) < 4.78 is 28.1. The molecular formula is C19H23NO3S. The van der Waals surface area contributed by atoms with Crippen molar-refractivity contribution in [1.82, 2.24) is 4.72 Å². The Hall–Kier alpha value is -1.69. The van der Waals surface area contributed by atoms with Gasteiger partial charge in [0.15, 0.2) is 0 Å². The summed E-state index contributed by atoms with van der Waals surface area (Å²) in [6.45, 7) is 1.83. The number of rotatable bonds is 4. The van der Waals surface area contributed by atoms with Crippen LogP contribution in [0.2, 0.25) is 0 Å². The largest absolute Gasteiger partial charge is 0.393 e. The van der Waals surface area contributed by atoms with Crippen molar-refractivity contribution in [2.24, 2.45) is 0 Å². The summed E-state index contributed by atoms with van der Waals surface area (Å²) >= 11 is 0. The van der Waals surface area contributed by atoms with Crippen molar-refractivity contribution in [3.05, 3.63) is 54.1 Å². The minimum absolute atomic E-state index is 0.0911. The zero-order valence-electron chi connectivity index (χ0n) is 13.8. The Morgan fingerprint density at radius 2 is 1.62 bits per heavy atom. The van der Waals surface area contributed by atoms with Crippen LogP contribution in [-0.2, 0) is 10.0 Å². The van der Waals surface area contributed by atoms with Gasteiger partial charge < -0.3 is 5.11 Å². The first-order valence-electron chi connectivity index (χ1n) is 8.32. The van der Waals surface area contributed by atoms with Crippen molar-refractivity contribution < 1.29 is 13.5 Å². The standard InChI is InChI=1S/C19H23NO3S/c1-14-13-16(15-5-3-2-4-6-15)7-12-19(14)24(22,23)20-17-8-10-18(21)11-9-17/h2-7,12-13,17-18,20-21H,8-11H2,1H3/t17-,18-. The molecule has 0 radical (unpaired) electrons. The van der Waals surface area contributed by atoms with Gasteiger partial charge in [0, 0.05) is 6.04 Å². The molecule has 0 unspecified atom stereocenters. The molecule has 1 aliphatic rings. The molecule has 2 N–H and O–H groups in total. The van der Waals surface area contributed by atoms with E-state index in [0.717, 1.165) is 16.7 Å². The lowest BCUT2D eigenvalue weighted by Gasteiger charge is -2.26.